The number of anilines is 1. The molecule has 1 heterocycles. The second-order valence-electron chi connectivity index (χ2n) is 5.90. The number of rotatable bonds is 6. The maximum atomic E-state index is 12.4. The summed E-state index contributed by atoms with van der Waals surface area (Å²) >= 11 is 1.72. The van der Waals surface area contributed by atoms with Crippen molar-refractivity contribution >= 4 is 34.5 Å². The molecule has 0 aliphatic carbocycles. The number of amidine groups is 1. The van der Waals surface area contributed by atoms with Crippen molar-refractivity contribution in [2.75, 3.05) is 31.8 Å². The minimum absolute atomic E-state index is 0.0549. The monoisotopic (exact) mass is 382 g/mol. The van der Waals surface area contributed by atoms with Crippen LogP contribution < -0.4 is 14.8 Å². The van der Waals surface area contributed by atoms with Crippen LogP contribution in [0.4, 0.5) is 5.69 Å². The number of benzene rings is 2. The maximum absolute atomic E-state index is 12.4. The van der Waals surface area contributed by atoms with E-state index in [1.54, 1.807) is 38.1 Å². The molecular formula is C21H22N2O3S. The molecule has 2 aromatic rings. The average Bonchev–Trinajstić information content (AvgIpc) is 2.73. The van der Waals surface area contributed by atoms with Gasteiger partial charge in [-0.1, -0.05) is 23.9 Å². The first kappa shape index (κ1) is 19.0. The molecule has 0 bridgehead atoms. The molecule has 0 spiro atoms. The third kappa shape index (κ3) is 5.14. The van der Waals surface area contributed by atoms with E-state index < -0.39 is 0 Å². The van der Waals surface area contributed by atoms with Gasteiger partial charge in [0.15, 0.2) is 22.4 Å². The van der Waals surface area contributed by atoms with Gasteiger partial charge < -0.3 is 14.8 Å². The van der Waals surface area contributed by atoms with E-state index in [9.17, 15) is 4.79 Å². The van der Waals surface area contributed by atoms with Crippen molar-refractivity contribution in [3.63, 3.8) is 0 Å². The Balaban J connectivity index is 1.65. The number of thioether (sulfide) groups is 1. The number of allylic oxidation sites excluding steroid dienone is 1. The first-order chi connectivity index (χ1) is 13.2. The molecule has 1 aliphatic rings. The molecular weight excluding hydrogens is 360 g/mol. The SMILES string of the molecule is COc1ccc(/C=C/C(=O)c2ccc(NC3=NCCCS3)cc2)cc1OC. The van der Waals surface area contributed by atoms with Crippen molar-refractivity contribution in [2.24, 2.45) is 4.99 Å². The minimum Gasteiger partial charge on any atom is -0.493 e. The molecule has 0 amide bonds. The van der Waals surface area contributed by atoms with Gasteiger partial charge in [-0.05, 0) is 54.5 Å². The van der Waals surface area contributed by atoms with Crippen molar-refractivity contribution in [3.8, 4) is 11.5 Å². The van der Waals surface area contributed by atoms with Gasteiger partial charge in [-0.3, -0.25) is 9.79 Å². The van der Waals surface area contributed by atoms with Gasteiger partial charge in [0.1, 0.15) is 0 Å². The second kappa shape index (κ2) is 9.28. The number of carbonyl (C=O) groups is 1. The summed E-state index contributed by atoms with van der Waals surface area (Å²) in [5, 5.41) is 4.22. The van der Waals surface area contributed by atoms with E-state index in [1.165, 1.54) is 0 Å². The van der Waals surface area contributed by atoms with Crippen LogP contribution in [0.1, 0.15) is 22.3 Å². The Bertz CT molecular complexity index is 860. The maximum Gasteiger partial charge on any atom is 0.185 e. The summed E-state index contributed by atoms with van der Waals surface area (Å²) < 4.78 is 10.5. The van der Waals surface area contributed by atoms with Gasteiger partial charge >= 0.3 is 0 Å². The van der Waals surface area contributed by atoms with Crippen LogP contribution >= 0.6 is 11.8 Å². The van der Waals surface area contributed by atoms with Crippen molar-refractivity contribution in [1.29, 1.82) is 0 Å². The smallest absolute Gasteiger partial charge is 0.185 e. The molecule has 0 fully saturated rings. The molecule has 3 rings (SSSR count). The highest BCUT2D eigenvalue weighted by atomic mass is 32.2. The summed E-state index contributed by atoms with van der Waals surface area (Å²) in [6, 6.07) is 13.0. The third-order valence-corrected chi connectivity index (χ3v) is 5.05. The normalized spacial score (nSPS) is 13.9. The molecule has 0 unspecified atom stereocenters. The average molecular weight is 382 g/mol. The van der Waals surface area contributed by atoms with Gasteiger partial charge in [-0.25, -0.2) is 0 Å². The minimum atomic E-state index is -0.0549. The van der Waals surface area contributed by atoms with E-state index in [0.29, 0.717) is 17.1 Å². The van der Waals surface area contributed by atoms with E-state index in [0.717, 1.165) is 35.1 Å². The molecule has 0 saturated carbocycles. The molecule has 0 radical (unpaired) electrons. The third-order valence-electron chi connectivity index (χ3n) is 4.05. The number of carbonyl (C=O) groups excluding carboxylic acids is 1. The van der Waals surface area contributed by atoms with Crippen LogP contribution in [0, 0.1) is 0 Å². The van der Waals surface area contributed by atoms with Crippen molar-refractivity contribution in [1.82, 2.24) is 0 Å². The van der Waals surface area contributed by atoms with Gasteiger partial charge in [0, 0.05) is 23.5 Å². The topological polar surface area (TPSA) is 59.9 Å². The highest BCUT2D eigenvalue weighted by Gasteiger charge is 2.07. The summed E-state index contributed by atoms with van der Waals surface area (Å²) in [5.41, 5.74) is 2.44. The summed E-state index contributed by atoms with van der Waals surface area (Å²) in [6.45, 7) is 0.868. The van der Waals surface area contributed by atoms with Crippen molar-refractivity contribution in [2.45, 2.75) is 6.42 Å². The first-order valence-corrected chi connectivity index (χ1v) is 9.67. The van der Waals surface area contributed by atoms with Gasteiger partial charge in [-0.15, -0.1) is 0 Å². The van der Waals surface area contributed by atoms with E-state index >= 15 is 0 Å². The lowest BCUT2D eigenvalue weighted by molar-refractivity contribution is 0.104. The molecule has 2 aromatic carbocycles. The second-order valence-corrected chi connectivity index (χ2v) is 6.99. The van der Waals surface area contributed by atoms with Crippen LogP contribution in [-0.4, -0.2) is 37.5 Å². The molecule has 6 heteroatoms. The quantitative estimate of drug-likeness (QED) is 0.589. The zero-order valence-electron chi connectivity index (χ0n) is 15.4. The van der Waals surface area contributed by atoms with Crippen molar-refractivity contribution in [3.05, 3.63) is 59.7 Å². The summed E-state index contributed by atoms with van der Waals surface area (Å²) in [4.78, 5) is 16.8. The van der Waals surface area contributed by atoms with Gasteiger partial charge in [0.25, 0.3) is 0 Å². The Morgan fingerprint density at radius 3 is 2.56 bits per heavy atom. The van der Waals surface area contributed by atoms with E-state index in [4.69, 9.17) is 9.47 Å². The number of hydrogen-bond donors (Lipinski definition) is 1. The molecule has 27 heavy (non-hydrogen) atoms. The van der Waals surface area contributed by atoms with Gasteiger partial charge in [0.05, 0.1) is 14.2 Å². The van der Waals surface area contributed by atoms with Crippen LogP contribution in [0.15, 0.2) is 53.5 Å². The highest BCUT2D eigenvalue weighted by molar-refractivity contribution is 8.14. The molecule has 1 N–H and O–H groups in total. The molecule has 140 valence electrons. The number of nitrogens with zero attached hydrogens (tertiary/aromatic N) is 1. The van der Waals surface area contributed by atoms with Crippen LogP contribution in [0.2, 0.25) is 0 Å². The van der Waals surface area contributed by atoms with E-state index in [1.807, 2.05) is 42.5 Å². The number of aliphatic imine (C=N–C) groups is 1. The number of methoxy groups -OCH3 is 2. The number of ketones is 1. The molecule has 5 nitrogen and oxygen atoms in total. The largest absolute Gasteiger partial charge is 0.493 e. The standard InChI is InChI=1S/C21H22N2O3S/c1-25-19-11-5-15(14-20(19)26-2)4-10-18(24)16-6-8-17(9-7-16)23-21-22-12-3-13-27-21/h4-11,14H,3,12-13H2,1-2H3,(H,22,23)/b10-4+. The lowest BCUT2D eigenvalue weighted by Crippen LogP contribution is -2.13. The number of ether oxygens (including phenoxy) is 2. The Hall–Kier alpha value is -2.73. The molecule has 1 aliphatic heterocycles. The lowest BCUT2D eigenvalue weighted by Gasteiger charge is -2.13. The summed E-state index contributed by atoms with van der Waals surface area (Å²) in [6.07, 6.45) is 4.45. The summed E-state index contributed by atoms with van der Waals surface area (Å²) in [7, 11) is 3.18. The van der Waals surface area contributed by atoms with E-state index in [2.05, 4.69) is 10.3 Å². The van der Waals surface area contributed by atoms with Crippen LogP contribution in [-0.2, 0) is 0 Å². The molecule has 0 saturated heterocycles. The number of hydrogen-bond acceptors (Lipinski definition) is 6. The van der Waals surface area contributed by atoms with Crippen LogP contribution in [0.3, 0.4) is 0 Å². The fourth-order valence-electron chi connectivity index (χ4n) is 2.60. The lowest BCUT2D eigenvalue weighted by atomic mass is 10.1. The van der Waals surface area contributed by atoms with Gasteiger partial charge in [0.2, 0.25) is 0 Å². The summed E-state index contributed by atoms with van der Waals surface area (Å²) in [5.74, 6) is 2.32. The van der Waals surface area contributed by atoms with Crippen molar-refractivity contribution < 1.29 is 14.3 Å². The predicted molar refractivity (Wildman–Crippen MR) is 112 cm³/mol. The zero-order valence-corrected chi connectivity index (χ0v) is 16.2. The number of nitrogens with one attached hydrogen (secondary N) is 1. The van der Waals surface area contributed by atoms with Gasteiger partial charge in [-0.2, -0.15) is 0 Å². The first-order valence-electron chi connectivity index (χ1n) is 8.68. The van der Waals surface area contributed by atoms with Crippen LogP contribution in [0.25, 0.3) is 6.08 Å². The molecule has 0 atom stereocenters. The Morgan fingerprint density at radius 1 is 1.11 bits per heavy atom. The fourth-order valence-corrected chi connectivity index (χ4v) is 3.44. The predicted octanol–water partition coefficient (Wildman–Crippen LogP) is 4.50. The fraction of sp³-hybridized carbons (Fsp3) is 0.238. The Kier molecular flexibility index (Phi) is 6.54. The Labute approximate surface area is 163 Å². The highest BCUT2D eigenvalue weighted by Crippen LogP contribution is 2.28. The Morgan fingerprint density at radius 2 is 1.89 bits per heavy atom. The van der Waals surface area contributed by atoms with E-state index in [-0.39, 0.29) is 5.78 Å². The van der Waals surface area contributed by atoms with Crippen LogP contribution in [0.5, 0.6) is 11.5 Å². The molecule has 0 aromatic heterocycles. The zero-order chi connectivity index (χ0) is 19.1.